The normalized spacial score (nSPS) is 10.5. The summed E-state index contributed by atoms with van der Waals surface area (Å²) in [6.07, 6.45) is 4.44. The van der Waals surface area contributed by atoms with Crippen LogP contribution in [0.4, 0.5) is 13.2 Å². The molecule has 11 heteroatoms. The first kappa shape index (κ1) is 25.6. The Morgan fingerprint density at radius 2 is 1.60 bits per heavy atom. The molecule has 7 nitrogen and oxygen atoms in total. The molecule has 0 aliphatic heterocycles. The monoisotopic (exact) mass is 498 g/mol. The number of rotatable bonds is 3. The Hall–Kier alpha value is -3.99. The Balaban J connectivity index is 0.000000178. The molecule has 0 radical (unpaired) electrons. The van der Waals surface area contributed by atoms with Crippen molar-refractivity contribution < 1.29 is 17.6 Å². The van der Waals surface area contributed by atoms with Crippen molar-refractivity contribution in [2.45, 2.75) is 24.7 Å². The molecule has 0 unspecified atom stereocenters. The molecule has 1 aromatic carbocycles. The molecule has 0 fully saturated rings. The van der Waals surface area contributed by atoms with Crippen LogP contribution >= 0.6 is 12.6 Å². The third-order valence-corrected chi connectivity index (χ3v) is 4.94. The number of alkyl halides is 3. The van der Waals surface area contributed by atoms with Gasteiger partial charge in [-0.15, -0.1) is 22.8 Å². The van der Waals surface area contributed by atoms with Crippen LogP contribution in [0.1, 0.15) is 12.5 Å². The van der Waals surface area contributed by atoms with Gasteiger partial charge < -0.3 is 8.98 Å². The minimum absolute atomic E-state index is 0.511. The van der Waals surface area contributed by atoms with Crippen LogP contribution in [0.25, 0.3) is 22.7 Å². The molecule has 0 spiro atoms. The van der Waals surface area contributed by atoms with Crippen molar-refractivity contribution in [2.24, 2.45) is 0 Å². The predicted molar refractivity (Wildman–Crippen MR) is 127 cm³/mol. The van der Waals surface area contributed by atoms with Gasteiger partial charge in [-0.05, 0) is 43.3 Å². The second-order valence-electron chi connectivity index (χ2n) is 6.79. The first-order chi connectivity index (χ1) is 16.9. The van der Waals surface area contributed by atoms with E-state index in [2.05, 4.69) is 44.7 Å². The standard InChI is InChI=1S/C13H12N4OS.C6H4F3N.C5H5N/c1-2-17-7-14-11(13(17)19)9-3-5-10(6-4-9)12-16-15-8-18-12;7-6(8,9)5-2-1-3-10-4-5;1-2-4-6-5-3-1/h3-8,19H,2H2,1H3;1-4H;1-5H. The number of thiol groups is 1. The summed E-state index contributed by atoms with van der Waals surface area (Å²) in [6, 6.07) is 15.8. The summed E-state index contributed by atoms with van der Waals surface area (Å²) < 4.78 is 42.4. The van der Waals surface area contributed by atoms with Gasteiger partial charge in [-0.3, -0.25) is 9.97 Å². The fraction of sp³-hybridized carbons (Fsp3) is 0.125. The second kappa shape index (κ2) is 12.5. The van der Waals surface area contributed by atoms with Crippen molar-refractivity contribution in [2.75, 3.05) is 0 Å². The number of nitrogens with zero attached hydrogens (tertiary/aromatic N) is 6. The third-order valence-electron chi connectivity index (χ3n) is 4.47. The van der Waals surface area contributed by atoms with Crippen molar-refractivity contribution in [1.82, 2.24) is 29.7 Å². The van der Waals surface area contributed by atoms with E-state index < -0.39 is 11.7 Å². The van der Waals surface area contributed by atoms with Crippen molar-refractivity contribution in [3.05, 3.63) is 97.7 Å². The zero-order chi connectivity index (χ0) is 25.1. The third kappa shape index (κ3) is 7.51. The second-order valence-corrected chi connectivity index (χ2v) is 7.21. The van der Waals surface area contributed by atoms with E-state index >= 15 is 0 Å². The van der Waals surface area contributed by atoms with Crippen molar-refractivity contribution in [3.63, 3.8) is 0 Å². The van der Waals surface area contributed by atoms with Gasteiger partial charge in [0.15, 0.2) is 0 Å². The molecule has 4 aromatic heterocycles. The highest BCUT2D eigenvalue weighted by atomic mass is 32.1. The van der Waals surface area contributed by atoms with Crippen LogP contribution in [0, 0.1) is 0 Å². The van der Waals surface area contributed by atoms with E-state index in [4.69, 9.17) is 4.42 Å². The quantitative estimate of drug-likeness (QED) is 0.303. The minimum atomic E-state index is -4.27. The maximum absolute atomic E-state index is 11.7. The first-order valence-electron chi connectivity index (χ1n) is 10.3. The van der Waals surface area contributed by atoms with Crippen LogP contribution in [0.2, 0.25) is 0 Å². The number of benzene rings is 1. The Labute approximate surface area is 205 Å². The molecule has 35 heavy (non-hydrogen) atoms. The summed E-state index contributed by atoms with van der Waals surface area (Å²) in [5.41, 5.74) is 2.06. The highest BCUT2D eigenvalue weighted by molar-refractivity contribution is 7.80. The van der Waals surface area contributed by atoms with Crippen molar-refractivity contribution in [1.29, 1.82) is 0 Å². The average molecular weight is 499 g/mol. The fourth-order valence-corrected chi connectivity index (χ4v) is 3.10. The zero-order valence-electron chi connectivity index (χ0n) is 18.5. The number of aryl methyl sites for hydroxylation is 1. The summed E-state index contributed by atoms with van der Waals surface area (Å²) in [5.74, 6) is 0.511. The summed E-state index contributed by atoms with van der Waals surface area (Å²) in [4.78, 5) is 11.5. The molecule has 0 bridgehead atoms. The van der Waals surface area contributed by atoms with Crippen LogP contribution in [0.3, 0.4) is 0 Å². The molecule has 5 aromatic rings. The summed E-state index contributed by atoms with van der Waals surface area (Å²) in [5, 5.41) is 8.40. The average Bonchev–Trinajstić information content (AvgIpc) is 3.56. The van der Waals surface area contributed by atoms with E-state index in [1.54, 1.807) is 18.7 Å². The molecule has 0 saturated carbocycles. The number of halogens is 3. The van der Waals surface area contributed by atoms with Crippen LogP contribution in [0.15, 0.2) is 102 Å². The molecule has 0 amide bonds. The summed E-state index contributed by atoms with van der Waals surface area (Å²) >= 11 is 4.50. The largest absolute Gasteiger partial charge is 0.423 e. The van der Waals surface area contributed by atoms with Gasteiger partial charge in [-0.25, -0.2) is 4.98 Å². The highest BCUT2D eigenvalue weighted by Crippen LogP contribution is 2.28. The first-order valence-corrected chi connectivity index (χ1v) is 10.8. The minimum Gasteiger partial charge on any atom is -0.423 e. The van der Waals surface area contributed by atoms with Gasteiger partial charge in [0.25, 0.3) is 0 Å². The van der Waals surface area contributed by atoms with Gasteiger partial charge >= 0.3 is 6.18 Å². The van der Waals surface area contributed by atoms with E-state index in [0.717, 1.165) is 40.7 Å². The van der Waals surface area contributed by atoms with Gasteiger partial charge in [0, 0.05) is 42.5 Å². The SMILES string of the molecule is CCn1cnc(-c2ccc(-c3nnco3)cc2)c1S.FC(F)(F)c1cccnc1.c1ccncc1. The summed E-state index contributed by atoms with van der Waals surface area (Å²) in [6.45, 7) is 2.91. The zero-order valence-corrected chi connectivity index (χ0v) is 19.4. The Morgan fingerprint density at radius 3 is 2.03 bits per heavy atom. The summed E-state index contributed by atoms with van der Waals surface area (Å²) in [7, 11) is 0. The number of imidazole rings is 1. The Morgan fingerprint density at radius 1 is 0.914 bits per heavy atom. The maximum atomic E-state index is 11.7. The highest BCUT2D eigenvalue weighted by Gasteiger charge is 2.30. The van der Waals surface area contributed by atoms with E-state index in [0.29, 0.717) is 5.89 Å². The van der Waals surface area contributed by atoms with E-state index in [1.165, 1.54) is 18.7 Å². The van der Waals surface area contributed by atoms with Gasteiger partial charge in [0.1, 0.15) is 5.69 Å². The number of pyridine rings is 2. The molecule has 0 aliphatic carbocycles. The fourth-order valence-electron chi connectivity index (χ4n) is 2.72. The van der Waals surface area contributed by atoms with E-state index in [1.807, 2.05) is 47.0 Å². The maximum Gasteiger partial charge on any atom is 0.417 e. The number of hydrogen-bond donors (Lipinski definition) is 1. The Kier molecular flexibility index (Phi) is 9.13. The lowest BCUT2D eigenvalue weighted by Gasteiger charge is -2.03. The molecule has 0 N–H and O–H groups in total. The number of hydrogen-bond acceptors (Lipinski definition) is 7. The van der Waals surface area contributed by atoms with Gasteiger partial charge in [-0.2, -0.15) is 13.2 Å². The molecule has 0 atom stereocenters. The van der Waals surface area contributed by atoms with Gasteiger partial charge in [0.05, 0.1) is 16.9 Å². The molecule has 5 rings (SSSR count). The van der Waals surface area contributed by atoms with E-state index in [9.17, 15) is 13.2 Å². The van der Waals surface area contributed by atoms with Crippen molar-refractivity contribution >= 4 is 12.6 Å². The molecular formula is C24H21F3N6OS. The Bertz CT molecular complexity index is 1240. The molecular weight excluding hydrogens is 477 g/mol. The molecule has 0 aliphatic rings. The lowest BCUT2D eigenvalue weighted by atomic mass is 10.1. The van der Waals surface area contributed by atoms with Crippen molar-refractivity contribution in [3.8, 4) is 22.7 Å². The van der Waals surface area contributed by atoms with Crippen LogP contribution in [-0.4, -0.2) is 29.7 Å². The van der Waals surface area contributed by atoms with Crippen LogP contribution < -0.4 is 0 Å². The van der Waals surface area contributed by atoms with Gasteiger partial charge in [-0.1, -0.05) is 18.2 Å². The topological polar surface area (TPSA) is 82.5 Å². The molecule has 180 valence electrons. The van der Waals surface area contributed by atoms with E-state index in [-0.39, 0.29) is 0 Å². The van der Waals surface area contributed by atoms with Crippen LogP contribution in [-0.2, 0) is 12.7 Å². The predicted octanol–water partition coefficient (Wildman–Crippen LogP) is 6.09. The number of aromatic nitrogens is 6. The molecule has 4 heterocycles. The molecule has 0 saturated heterocycles. The van der Waals surface area contributed by atoms with Gasteiger partial charge in [0.2, 0.25) is 12.3 Å². The smallest absolute Gasteiger partial charge is 0.417 e. The lowest BCUT2D eigenvalue weighted by molar-refractivity contribution is -0.137. The van der Waals surface area contributed by atoms with Crippen LogP contribution in [0.5, 0.6) is 0 Å². The lowest BCUT2D eigenvalue weighted by Crippen LogP contribution is -2.04.